The van der Waals surface area contributed by atoms with Crippen LogP contribution in [-0.4, -0.2) is 11.5 Å². The minimum absolute atomic E-state index is 0.311. The molecule has 0 aliphatic rings. The van der Waals surface area contributed by atoms with Gasteiger partial charge in [0.05, 0.1) is 0 Å². The van der Waals surface area contributed by atoms with Crippen LogP contribution in [0.3, 0.4) is 0 Å². The predicted molar refractivity (Wildman–Crippen MR) is 66.4 cm³/mol. The van der Waals surface area contributed by atoms with Gasteiger partial charge in [-0.05, 0) is 23.5 Å². The third-order valence-corrected chi connectivity index (χ3v) is 2.99. The number of halogens is 1. The molecule has 1 rings (SSSR count). The summed E-state index contributed by atoms with van der Waals surface area (Å²) in [4.78, 5) is 4.18. The number of hydrogen-bond donors (Lipinski definition) is 1. The molecule has 1 aromatic rings. The molecular weight excluding hydrogens is 208 g/mol. The lowest BCUT2D eigenvalue weighted by atomic mass is 9.82. The van der Waals surface area contributed by atoms with Crippen LogP contribution < -0.4 is 5.32 Å². The van der Waals surface area contributed by atoms with E-state index >= 15 is 0 Å². The summed E-state index contributed by atoms with van der Waals surface area (Å²) in [6, 6.07) is 5.61. The summed E-state index contributed by atoms with van der Waals surface area (Å²) in [5.74, 6) is 1.43. The first kappa shape index (κ1) is 12.3. The Morgan fingerprint density at radius 2 is 2.07 bits per heavy atom. The second-order valence-corrected chi connectivity index (χ2v) is 5.38. The lowest BCUT2D eigenvalue weighted by Gasteiger charge is -2.27. The summed E-state index contributed by atoms with van der Waals surface area (Å²) in [5.41, 5.74) is 0.311. The average Bonchev–Trinajstić information content (AvgIpc) is 2.12. The first-order chi connectivity index (χ1) is 6.89. The molecule has 0 aliphatic heterocycles. The van der Waals surface area contributed by atoms with Gasteiger partial charge in [0.25, 0.3) is 0 Å². The Kier molecular flexibility index (Phi) is 3.97. The summed E-state index contributed by atoms with van der Waals surface area (Å²) in [5, 5.41) is 3.83. The maximum absolute atomic E-state index is 5.80. The number of aromatic nitrogens is 1. The van der Waals surface area contributed by atoms with Crippen molar-refractivity contribution in [1.82, 2.24) is 4.98 Å². The third kappa shape index (κ3) is 4.08. The largest absolute Gasteiger partial charge is 0.370 e. The number of hydrogen-bond acceptors (Lipinski definition) is 2. The van der Waals surface area contributed by atoms with E-state index in [1.165, 1.54) is 0 Å². The van der Waals surface area contributed by atoms with Gasteiger partial charge in [-0.3, -0.25) is 0 Å². The Labute approximate surface area is 97.1 Å². The molecule has 0 saturated heterocycles. The van der Waals surface area contributed by atoms with Gasteiger partial charge in [-0.2, -0.15) is 0 Å². The van der Waals surface area contributed by atoms with E-state index in [1.54, 1.807) is 6.07 Å². The summed E-state index contributed by atoms with van der Waals surface area (Å²) < 4.78 is 0. The second-order valence-electron chi connectivity index (χ2n) is 4.99. The van der Waals surface area contributed by atoms with Gasteiger partial charge < -0.3 is 5.32 Å². The van der Waals surface area contributed by atoms with Crippen LogP contribution in [0.4, 0.5) is 5.82 Å². The number of pyridine rings is 1. The van der Waals surface area contributed by atoms with Gasteiger partial charge in [0.1, 0.15) is 11.0 Å². The van der Waals surface area contributed by atoms with Gasteiger partial charge in [-0.1, -0.05) is 45.4 Å². The van der Waals surface area contributed by atoms with Crippen LogP contribution in [0.5, 0.6) is 0 Å². The summed E-state index contributed by atoms with van der Waals surface area (Å²) >= 11 is 5.80. The molecule has 84 valence electrons. The van der Waals surface area contributed by atoms with Crippen LogP contribution in [0.25, 0.3) is 0 Å². The minimum atomic E-state index is 0.311. The van der Waals surface area contributed by atoms with Crippen molar-refractivity contribution in [3.8, 4) is 0 Å². The Morgan fingerprint density at radius 3 is 2.60 bits per heavy atom. The maximum atomic E-state index is 5.80. The number of rotatable bonds is 3. The quantitative estimate of drug-likeness (QED) is 0.793. The zero-order valence-electron chi connectivity index (χ0n) is 9.84. The molecule has 1 heterocycles. The van der Waals surface area contributed by atoms with Gasteiger partial charge in [0.2, 0.25) is 0 Å². The van der Waals surface area contributed by atoms with Crippen molar-refractivity contribution in [2.75, 3.05) is 11.9 Å². The molecule has 1 aromatic heterocycles. The van der Waals surface area contributed by atoms with Crippen molar-refractivity contribution in [3.63, 3.8) is 0 Å². The maximum Gasteiger partial charge on any atom is 0.131 e. The summed E-state index contributed by atoms with van der Waals surface area (Å²) in [7, 11) is 0. The van der Waals surface area contributed by atoms with Crippen molar-refractivity contribution >= 4 is 17.4 Å². The van der Waals surface area contributed by atoms with Crippen molar-refractivity contribution < 1.29 is 0 Å². The first-order valence-electron chi connectivity index (χ1n) is 5.26. The highest BCUT2D eigenvalue weighted by atomic mass is 35.5. The molecule has 0 aliphatic carbocycles. The smallest absolute Gasteiger partial charge is 0.131 e. The molecule has 3 heteroatoms. The van der Waals surface area contributed by atoms with E-state index in [1.807, 2.05) is 12.1 Å². The van der Waals surface area contributed by atoms with Crippen LogP contribution in [0.15, 0.2) is 18.2 Å². The van der Waals surface area contributed by atoms with Gasteiger partial charge in [-0.25, -0.2) is 4.98 Å². The first-order valence-corrected chi connectivity index (χ1v) is 5.64. The molecule has 0 amide bonds. The molecule has 0 bridgehead atoms. The lowest BCUT2D eigenvalue weighted by Crippen LogP contribution is -2.25. The van der Waals surface area contributed by atoms with Crippen LogP contribution in [-0.2, 0) is 0 Å². The fourth-order valence-electron chi connectivity index (χ4n) is 1.07. The molecule has 1 N–H and O–H groups in total. The number of anilines is 1. The van der Waals surface area contributed by atoms with Crippen molar-refractivity contribution in [3.05, 3.63) is 23.4 Å². The Morgan fingerprint density at radius 1 is 1.40 bits per heavy atom. The standard InChI is InChI=1S/C12H19ClN2/c1-9(12(2,3)4)8-14-11-7-5-6-10(13)15-11/h5-7,9H,8H2,1-4H3,(H,14,15). The lowest BCUT2D eigenvalue weighted by molar-refractivity contribution is 0.274. The van der Waals surface area contributed by atoms with Crippen LogP contribution in [0, 0.1) is 11.3 Å². The van der Waals surface area contributed by atoms with E-state index in [9.17, 15) is 0 Å². The number of nitrogens with zero attached hydrogens (tertiary/aromatic N) is 1. The molecule has 1 atom stereocenters. The fraction of sp³-hybridized carbons (Fsp3) is 0.583. The van der Waals surface area contributed by atoms with Crippen molar-refractivity contribution in [2.45, 2.75) is 27.7 Å². The van der Waals surface area contributed by atoms with E-state index in [2.05, 4.69) is 38.0 Å². The van der Waals surface area contributed by atoms with E-state index in [4.69, 9.17) is 11.6 Å². The molecule has 0 radical (unpaired) electrons. The predicted octanol–water partition coefficient (Wildman–Crippen LogP) is 3.83. The van der Waals surface area contributed by atoms with Gasteiger partial charge in [0, 0.05) is 6.54 Å². The normalized spacial score (nSPS) is 13.7. The molecule has 0 saturated carbocycles. The zero-order chi connectivity index (χ0) is 11.5. The minimum Gasteiger partial charge on any atom is -0.370 e. The van der Waals surface area contributed by atoms with Gasteiger partial charge in [0.15, 0.2) is 0 Å². The third-order valence-electron chi connectivity index (χ3n) is 2.78. The van der Waals surface area contributed by atoms with Crippen LogP contribution in [0.2, 0.25) is 5.15 Å². The SMILES string of the molecule is CC(CNc1cccc(Cl)n1)C(C)(C)C. The van der Waals surface area contributed by atoms with Crippen molar-refractivity contribution in [2.24, 2.45) is 11.3 Å². The van der Waals surface area contributed by atoms with Crippen LogP contribution >= 0.6 is 11.6 Å². The average molecular weight is 227 g/mol. The van der Waals surface area contributed by atoms with E-state index in [-0.39, 0.29) is 0 Å². The van der Waals surface area contributed by atoms with Gasteiger partial charge >= 0.3 is 0 Å². The van der Waals surface area contributed by atoms with Crippen LogP contribution in [0.1, 0.15) is 27.7 Å². The molecule has 0 fully saturated rings. The topological polar surface area (TPSA) is 24.9 Å². The summed E-state index contributed by atoms with van der Waals surface area (Å²) in [6.45, 7) is 9.87. The molecule has 15 heavy (non-hydrogen) atoms. The van der Waals surface area contributed by atoms with Crippen molar-refractivity contribution in [1.29, 1.82) is 0 Å². The molecule has 0 aromatic carbocycles. The van der Waals surface area contributed by atoms with E-state index < -0.39 is 0 Å². The fourth-order valence-corrected chi connectivity index (χ4v) is 1.23. The highest BCUT2D eigenvalue weighted by molar-refractivity contribution is 6.29. The Hall–Kier alpha value is -0.760. The monoisotopic (exact) mass is 226 g/mol. The summed E-state index contributed by atoms with van der Waals surface area (Å²) in [6.07, 6.45) is 0. The number of nitrogens with one attached hydrogen (secondary N) is 1. The highest BCUT2D eigenvalue weighted by Gasteiger charge is 2.19. The van der Waals surface area contributed by atoms with E-state index in [0.717, 1.165) is 12.4 Å². The second kappa shape index (κ2) is 4.84. The molecular formula is C12H19ClN2. The highest BCUT2D eigenvalue weighted by Crippen LogP contribution is 2.25. The Balaban J connectivity index is 2.51. The molecule has 1 unspecified atom stereocenters. The van der Waals surface area contributed by atoms with E-state index in [0.29, 0.717) is 16.5 Å². The molecule has 2 nitrogen and oxygen atoms in total. The molecule has 0 spiro atoms. The Bertz CT molecular complexity index is 318. The zero-order valence-corrected chi connectivity index (χ0v) is 10.6. The van der Waals surface area contributed by atoms with Gasteiger partial charge in [-0.15, -0.1) is 0 Å².